The number of nitrogens with two attached hydrogens (primary N) is 1. The second-order valence-corrected chi connectivity index (χ2v) is 4.00. The molecule has 5 heteroatoms. The Morgan fingerprint density at radius 2 is 2.26 bits per heavy atom. The first-order chi connectivity index (χ1) is 9.29. The van der Waals surface area contributed by atoms with Gasteiger partial charge in [0.1, 0.15) is 23.2 Å². The van der Waals surface area contributed by atoms with Crippen LogP contribution in [0.25, 0.3) is 22.6 Å². The molecule has 0 bridgehead atoms. The molecule has 0 atom stereocenters. The van der Waals surface area contributed by atoms with Crippen molar-refractivity contribution in [2.45, 2.75) is 0 Å². The van der Waals surface area contributed by atoms with Crippen molar-refractivity contribution in [1.82, 2.24) is 9.97 Å². The van der Waals surface area contributed by atoms with Crippen LogP contribution >= 0.6 is 0 Å². The van der Waals surface area contributed by atoms with Crippen molar-refractivity contribution in [2.24, 2.45) is 0 Å². The third-order valence-corrected chi connectivity index (χ3v) is 2.84. The number of nitriles is 1. The summed E-state index contributed by atoms with van der Waals surface area (Å²) in [6.07, 6.45) is 5.18. The molecule has 3 heterocycles. The van der Waals surface area contributed by atoms with Crippen LogP contribution in [0, 0.1) is 11.3 Å². The van der Waals surface area contributed by atoms with E-state index in [-0.39, 0.29) is 5.82 Å². The van der Waals surface area contributed by atoms with E-state index >= 15 is 0 Å². The Balaban J connectivity index is 2.25. The minimum atomic E-state index is 0.201. The highest BCUT2D eigenvalue weighted by molar-refractivity contribution is 5.77. The Hall–Kier alpha value is -3.00. The van der Waals surface area contributed by atoms with E-state index in [1.54, 1.807) is 30.7 Å². The molecular weight excluding hydrogens is 240 g/mol. The number of aromatic nitrogens is 2. The van der Waals surface area contributed by atoms with Gasteiger partial charge in [0.2, 0.25) is 0 Å². The van der Waals surface area contributed by atoms with E-state index in [1.807, 2.05) is 12.3 Å². The van der Waals surface area contributed by atoms with Gasteiger partial charge in [-0.15, -0.1) is 0 Å². The zero-order valence-corrected chi connectivity index (χ0v) is 9.92. The molecule has 3 N–H and O–H groups in total. The molecule has 5 nitrogen and oxygen atoms in total. The summed E-state index contributed by atoms with van der Waals surface area (Å²) in [5.74, 6) is 0.801. The molecule has 0 aromatic carbocycles. The highest BCUT2D eigenvalue weighted by Gasteiger charge is 2.15. The summed E-state index contributed by atoms with van der Waals surface area (Å²) in [7, 11) is 0. The van der Waals surface area contributed by atoms with Crippen molar-refractivity contribution in [3.63, 3.8) is 0 Å². The second-order valence-electron chi connectivity index (χ2n) is 4.00. The summed E-state index contributed by atoms with van der Waals surface area (Å²) >= 11 is 0. The topological polar surface area (TPSA) is 91.6 Å². The summed E-state index contributed by atoms with van der Waals surface area (Å²) in [5, 5.41) is 9.20. The average Bonchev–Trinajstić information content (AvgIpc) is 3.11. The Kier molecular flexibility index (Phi) is 2.54. The molecule has 0 saturated heterocycles. The zero-order valence-electron chi connectivity index (χ0n) is 9.92. The summed E-state index contributed by atoms with van der Waals surface area (Å²) in [6.45, 7) is 0. The minimum Gasteiger partial charge on any atom is -0.464 e. The van der Waals surface area contributed by atoms with Gasteiger partial charge in [-0.25, -0.2) is 4.98 Å². The van der Waals surface area contributed by atoms with Crippen LogP contribution in [0.4, 0.5) is 5.82 Å². The maximum absolute atomic E-state index is 9.20. The molecule has 3 aromatic rings. The SMILES string of the molecule is N#Cc1c(-c2ccco2)cc(-c2cc[nH]c2)nc1N. The third-order valence-electron chi connectivity index (χ3n) is 2.84. The molecule has 0 aliphatic rings. The van der Waals surface area contributed by atoms with Gasteiger partial charge in [0.05, 0.1) is 12.0 Å². The summed E-state index contributed by atoms with van der Waals surface area (Å²) in [6, 6.07) is 9.32. The molecule has 0 unspecified atom stereocenters. The van der Waals surface area contributed by atoms with Gasteiger partial charge in [-0.2, -0.15) is 5.26 Å². The maximum Gasteiger partial charge on any atom is 0.142 e. The van der Waals surface area contributed by atoms with Gasteiger partial charge in [0.25, 0.3) is 0 Å². The van der Waals surface area contributed by atoms with Crippen LogP contribution in [0.3, 0.4) is 0 Å². The van der Waals surface area contributed by atoms with Gasteiger partial charge in [-0.05, 0) is 24.3 Å². The minimum absolute atomic E-state index is 0.201. The van der Waals surface area contributed by atoms with Crippen LogP contribution in [-0.2, 0) is 0 Å². The Labute approximate surface area is 109 Å². The molecule has 19 heavy (non-hydrogen) atoms. The van der Waals surface area contributed by atoms with Gasteiger partial charge < -0.3 is 15.1 Å². The van der Waals surface area contributed by atoms with Crippen molar-refractivity contribution in [3.8, 4) is 28.7 Å². The number of nitrogens with one attached hydrogen (secondary N) is 1. The molecule has 0 spiro atoms. The van der Waals surface area contributed by atoms with E-state index in [0.29, 0.717) is 22.6 Å². The lowest BCUT2D eigenvalue weighted by Crippen LogP contribution is -1.99. The number of pyridine rings is 1. The second kappa shape index (κ2) is 4.35. The predicted octanol–water partition coefficient (Wildman–Crippen LogP) is 2.79. The van der Waals surface area contributed by atoms with Crippen LogP contribution in [0.5, 0.6) is 0 Å². The molecule has 0 aliphatic carbocycles. The largest absolute Gasteiger partial charge is 0.464 e. The fraction of sp³-hybridized carbons (Fsp3) is 0. The molecule has 92 valence electrons. The van der Waals surface area contributed by atoms with E-state index in [2.05, 4.69) is 16.0 Å². The fourth-order valence-corrected chi connectivity index (χ4v) is 1.94. The lowest BCUT2D eigenvalue weighted by molar-refractivity contribution is 0.582. The molecule has 0 saturated carbocycles. The summed E-state index contributed by atoms with van der Waals surface area (Å²) in [4.78, 5) is 7.21. The molecule has 3 rings (SSSR count). The quantitative estimate of drug-likeness (QED) is 0.731. The molecular formula is C14H10N4O. The highest BCUT2D eigenvalue weighted by Crippen LogP contribution is 2.31. The van der Waals surface area contributed by atoms with Crippen LogP contribution in [-0.4, -0.2) is 9.97 Å². The van der Waals surface area contributed by atoms with Gasteiger partial charge >= 0.3 is 0 Å². The average molecular weight is 250 g/mol. The number of rotatable bonds is 2. The summed E-state index contributed by atoms with van der Waals surface area (Å²) < 4.78 is 5.35. The first-order valence-electron chi connectivity index (χ1n) is 5.67. The number of hydrogen-bond donors (Lipinski definition) is 2. The number of anilines is 1. The van der Waals surface area contributed by atoms with Crippen LogP contribution in [0.2, 0.25) is 0 Å². The Morgan fingerprint density at radius 3 is 2.89 bits per heavy atom. The Morgan fingerprint density at radius 1 is 1.37 bits per heavy atom. The molecule has 0 aliphatic heterocycles. The first kappa shape index (κ1) is 11.1. The maximum atomic E-state index is 9.20. The third kappa shape index (κ3) is 1.85. The van der Waals surface area contributed by atoms with Crippen LogP contribution in [0.1, 0.15) is 5.56 Å². The standard InChI is InChI=1S/C14H10N4O/c15-7-11-10(13-2-1-5-19-13)6-12(18-14(11)16)9-3-4-17-8-9/h1-6,8,17H,(H2,16,18). The molecule has 3 aromatic heterocycles. The molecule has 0 fully saturated rings. The van der Waals surface area contributed by atoms with E-state index in [1.165, 1.54) is 0 Å². The normalized spacial score (nSPS) is 10.3. The van der Waals surface area contributed by atoms with Gasteiger partial charge in [-0.1, -0.05) is 0 Å². The van der Waals surface area contributed by atoms with Crippen LogP contribution in [0.15, 0.2) is 47.3 Å². The van der Waals surface area contributed by atoms with Gasteiger partial charge in [-0.3, -0.25) is 0 Å². The zero-order chi connectivity index (χ0) is 13.2. The highest BCUT2D eigenvalue weighted by atomic mass is 16.3. The van der Waals surface area contributed by atoms with E-state index in [0.717, 1.165) is 5.56 Å². The van der Waals surface area contributed by atoms with Crippen molar-refractivity contribution < 1.29 is 4.42 Å². The van der Waals surface area contributed by atoms with Gasteiger partial charge in [0.15, 0.2) is 0 Å². The molecule has 0 radical (unpaired) electrons. The van der Waals surface area contributed by atoms with Crippen molar-refractivity contribution >= 4 is 5.82 Å². The van der Waals surface area contributed by atoms with Crippen molar-refractivity contribution in [2.75, 3.05) is 5.73 Å². The first-order valence-corrected chi connectivity index (χ1v) is 5.67. The van der Waals surface area contributed by atoms with E-state index in [4.69, 9.17) is 10.2 Å². The number of H-pyrrole nitrogens is 1. The number of hydrogen-bond acceptors (Lipinski definition) is 4. The van der Waals surface area contributed by atoms with E-state index < -0.39 is 0 Å². The lowest BCUT2D eigenvalue weighted by atomic mass is 10.0. The number of aromatic amines is 1. The lowest BCUT2D eigenvalue weighted by Gasteiger charge is -2.06. The Bertz CT molecular complexity index is 737. The number of nitrogens with zero attached hydrogens (tertiary/aromatic N) is 2. The van der Waals surface area contributed by atoms with Crippen molar-refractivity contribution in [1.29, 1.82) is 5.26 Å². The summed E-state index contributed by atoms with van der Waals surface area (Å²) in [5.41, 5.74) is 8.44. The predicted molar refractivity (Wildman–Crippen MR) is 70.9 cm³/mol. The van der Waals surface area contributed by atoms with Gasteiger partial charge in [0, 0.05) is 23.5 Å². The van der Waals surface area contributed by atoms with E-state index in [9.17, 15) is 5.26 Å². The monoisotopic (exact) mass is 250 g/mol. The number of nitrogen functional groups attached to an aromatic ring is 1. The molecule has 0 amide bonds. The smallest absolute Gasteiger partial charge is 0.142 e. The van der Waals surface area contributed by atoms with Crippen LogP contribution < -0.4 is 5.73 Å². The number of furan rings is 1. The van der Waals surface area contributed by atoms with Crippen molar-refractivity contribution in [3.05, 3.63) is 48.5 Å². The fourth-order valence-electron chi connectivity index (χ4n) is 1.94.